The minimum absolute atomic E-state index is 0.152. The number of hydrogen-bond acceptors (Lipinski definition) is 10. The van der Waals surface area contributed by atoms with Gasteiger partial charge in [0.15, 0.2) is 24.0 Å². The predicted molar refractivity (Wildman–Crippen MR) is 83.3 cm³/mol. The van der Waals surface area contributed by atoms with Crippen molar-refractivity contribution >= 4 is 24.6 Å². The smallest absolute Gasteiger partial charge is 0.327 e. The molecular formula is C12H18N5O7P. The molecular weight excluding hydrogens is 357 g/mol. The van der Waals surface area contributed by atoms with Crippen molar-refractivity contribution in [1.82, 2.24) is 19.5 Å². The first kappa shape index (κ1) is 18.1. The monoisotopic (exact) mass is 375 g/mol. The maximum Gasteiger partial charge on any atom is 0.327 e. The number of ether oxygens (including phenoxy) is 2. The van der Waals surface area contributed by atoms with Crippen LogP contribution in [0.4, 0.5) is 5.82 Å². The Kier molecular flexibility index (Phi) is 4.77. The van der Waals surface area contributed by atoms with Crippen LogP contribution in [0.2, 0.25) is 0 Å². The molecule has 0 spiro atoms. The SMILES string of the molecule is COC(OP(C)(=O)O)[C@H]1O[C@@H](n2cnc3c(N)ncnc32)[C@H](O)[C@@H]1O. The topological polar surface area (TPSA) is 175 Å². The Hall–Kier alpha value is -1.66. The van der Waals surface area contributed by atoms with Gasteiger partial charge in [0.1, 0.15) is 30.2 Å². The zero-order valence-electron chi connectivity index (χ0n) is 13.3. The molecule has 25 heavy (non-hydrogen) atoms. The van der Waals surface area contributed by atoms with Crippen LogP contribution < -0.4 is 5.73 Å². The Bertz CT molecular complexity index is 810. The van der Waals surface area contributed by atoms with Gasteiger partial charge in [0.05, 0.1) is 6.33 Å². The third-order valence-corrected chi connectivity index (χ3v) is 4.34. The number of aliphatic hydroxyl groups excluding tert-OH is 2. The summed E-state index contributed by atoms with van der Waals surface area (Å²) in [6.45, 7) is 0.970. The van der Waals surface area contributed by atoms with Gasteiger partial charge in [-0.25, -0.2) is 15.0 Å². The van der Waals surface area contributed by atoms with Gasteiger partial charge in [-0.05, 0) is 0 Å². The maximum absolute atomic E-state index is 11.5. The van der Waals surface area contributed by atoms with E-state index >= 15 is 0 Å². The minimum Gasteiger partial charge on any atom is -0.387 e. The Balaban J connectivity index is 1.91. The maximum atomic E-state index is 11.5. The van der Waals surface area contributed by atoms with Crippen LogP contribution in [0.15, 0.2) is 12.7 Å². The molecule has 0 amide bonds. The molecule has 5 N–H and O–H groups in total. The van der Waals surface area contributed by atoms with Crippen molar-refractivity contribution < 1.29 is 33.7 Å². The fourth-order valence-electron chi connectivity index (χ4n) is 2.63. The summed E-state index contributed by atoms with van der Waals surface area (Å²) in [5.74, 6) is 0.152. The fourth-order valence-corrected chi connectivity index (χ4v) is 3.22. The van der Waals surface area contributed by atoms with Crippen LogP contribution in [0.5, 0.6) is 0 Å². The van der Waals surface area contributed by atoms with E-state index in [1.54, 1.807) is 0 Å². The van der Waals surface area contributed by atoms with Gasteiger partial charge >= 0.3 is 7.60 Å². The van der Waals surface area contributed by atoms with E-state index in [2.05, 4.69) is 15.0 Å². The number of hydrogen-bond donors (Lipinski definition) is 4. The molecule has 2 unspecified atom stereocenters. The summed E-state index contributed by atoms with van der Waals surface area (Å²) in [7, 11) is -2.70. The van der Waals surface area contributed by atoms with Crippen LogP contribution in [0, 0.1) is 0 Å². The molecule has 3 rings (SSSR count). The molecule has 3 heterocycles. The normalized spacial score (nSPS) is 30.4. The van der Waals surface area contributed by atoms with Crippen molar-refractivity contribution in [2.24, 2.45) is 0 Å². The quantitative estimate of drug-likeness (QED) is 0.366. The van der Waals surface area contributed by atoms with Crippen molar-refractivity contribution in [3.05, 3.63) is 12.7 Å². The first-order valence-corrected chi connectivity index (χ1v) is 9.21. The number of rotatable bonds is 5. The summed E-state index contributed by atoms with van der Waals surface area (Å²) in [4.78, 5) is 21.3. The highest BCUT2D eigenvalue weighted by molar-refractivity contribution is 7.51. The first-order valence-electron chi connectivity index (χ1n) is 7.19. The highest BCUT2D eigenvalue weighted by Crippen LogP contribution is 2.42. The lowest BCUT2D eigenvalue weighted by atomic mass is 10.1. The average Bonchev–Trinajstić information content (AvgIpc) is 3.08. The highest BCUT2D eigenvalue weighted by Gasteiger charge is 2.49. The van der Waals surface area contributed by atoms with E-state index in [1.165, 1.54) is 24.3 Å². The molecule has 138 valence electrons. The molecule has 2 aromatic rings. The zero-order valence-corrected chi connectivity index (χ0v) is 14.2. The van der Waals surface area contributed by atoms with Crippen LogP contribution in [0.3, 0.4) is 0 Å². The Morgan fingerprint density at radius 2 is 2.08 bits per heavy atom. The molecule has 13 heteroatoms. The molecule has 0 bridgehead atoms. The van der Waals surface area contributed by atoms with E-state index in [0.717, 1.165) is 6.66 Å². The van der Waals surface area contributed by atoms with Gasteiger partial charge in [0, 0.05) is 13.8 Å². The third kappa shape index (κ3) is 3.37. The Morgan fingerprint density at radius 3 is 2.72 bits per heavy atom. The second-order valence-corrected chi connectivity index (χ2v) is 7.38. The van der Waals surface area contributed by atoms with Crippen molar-refractivity contribution in [2.45, 2.75) is 30.8 Å². The van der Waals surface area contributed by atoms with Gasteiger partial charge in [0.2, 0.25) is 0 Å². The third-order valence-electron chi connectivity index (χ3n) is 3.74. The lowest BCUT2D eigenvalue weighted by molar-refractivity contribution is -0.171. The largest absolute Gasteiger partial charge is 0.387 e. The number of fused-ring (bicyclic) bond motifs is 1. The van der Waals surface area contributed by atoms with Crippen molar-refractivity contribution in [1.29, 1.82) is 0 Å². The zero-order chi connectivity index (χ0) is 18.4. The molecule has 2 aromatic heterocycles. The number of nitrogens with two attached hydrogens (primary N) is 1. The standard InChI is InChI=1S/C12H18N5O7P/c1-22-12(24-25(2,20)21)8-6(18)7(19)11(23-8)17-4-16-5-9(13)14-3-15-10(5)17/h3-4,6-8,11-12,18-19H,1-2H3,(H,20,21)(H2,13,14,15)/t6-,7+,8-,11+,12?/m0/s1. The van der Waals surface area contributed by atoms with Crippen molar-refractivity contribution in [3.8, 4) is 0 Å². The van der Waals surface area contributed by atoms with E-state index < -0.39 is 38.4 Å². The first-order chi connectivity index (χ1) is 11.7. The van der Waals surface area contributed by atoms with Crippen LogP contribution in [-0.2, 0) is 18.6 Å². The van der Waals surface area contributed by atoms with Gasteiger partial charge in [-0.15, -0.1) is 0 Å². The van der Waals surface area contributed by atoms with Gasteiger partial charge < -0.3 is 30.3 Å². The molecule has 12 nitrogen and oxygen atoms in total. The summed E-state index contributed by atoms with van der Waals surface area (Å²) in [6.07, 6.45) is -3.96. The molecule has 1 saturated heterocycles. The van der Waals surface area contributed by atoms with E-state index in [9.17, 15) is 19.7 Å². The summed E-state index contributed by atoms with van der Waals surface area (Å²) in [5.41, 5.74) is 6.32. The van der Waals surface area contributed by atoms with Crippen LogP contribution in [0.25, 0.3) is 11.2 Å². The summed E-state index contributed by atoms with van der Waals surface area (Å²) < 4.78 is 28.3. The predicted octanol–water partition coefficient (Wildman–Crippen LogP) is -1.17. The van der Waals surface area contributed by atoms with Crippen LogP contribution >= 0.6 is 7.60 Å². The summed E-state index contributed by atoms with van der Waals surface area (Å²) in [6, 6.07) is 0. The van der Waals surface area contributed by atoms with E-state index in [-0.39, 0.29) is 5.82 Å². The van der Waals surface area contributed by atoms with Crippen molar-refractivity contribution in [3.63, 3.8) is 0 Å². The number of methoxy groups -OCH3 is 1. The van der Waals surface area contributed by atoms with Gasteiger partial charge in [0.25, 0.3) is 0 Å². The molecule has 0 aromatic carbocycles. The lowest BCUT2D eigenvalue weighted by Gasteiger charge is -2.25. The van der Waals surface area contributed by atoms with Crippen molar-refractivity contribution in [2.75, 3.05) is 19.5 Å². The summed E-state index contributed by atoms with van der Waals surface area (Å²) in [5, 5.41) is 20.6. The molecule has 0 radical (unpaired) electrons. The molecule has 0 aliphatic carbocycles. The lowest BCUT2D eigenvalue weighted by Crippen LogP contribution is -2.40. The molecule has 1 aliphatic rings. The number of imidazole rings is 1. The number of nitrogen functional groups attached to an aromatic ring is 1. The molecule has 1 fully saturated rings. The molecule has 0 saturated carbocycles. The Morgan fingerprint density at radius 1 is 1.36 bits per heavy atom. The van der Waals surface area contributed by atoms with Gasteiger partial charge in [-0.2, -0.15) is 0 Å². The van der Waals surface area contributed by atoms with Crippen LogP contribution in [0.1, 0.15) is 6.23 Å². The number of anilines is 1. The number of aliphatic hydroxyl groups is 2. The number of aromatic nitrogens is 4. The summed E-state index contributed by atoms with van der Waals surface area (Å²) >= 11 is 0. The van der Waals surface area contributed by atoms with E-state index in [4.69, 9.17) is 19.7 Å². The second-order valence-electron chi connectivity index (χ2n) is 5.57. The molecule has 1 aliphatic heterocycles. The minimum atomic E-state index is -3.92. The number of nitrogens with zero attached hydrogens (tertiary/aromatic N) is 4. The average molecular weight is 375 g/mol. The Labute approximate surface area is 141 Å². The van der Waals surface area contributed by atoms with Crippen LogP contribution in [-0.4, -0.2) is 73.0 Å². The van der Waals surface area contributed by atoms with Gasteiger partial charge in [-0.3, -0.25) is 13.7 Å². The highest BCUT2D eigenvalue weighted by atomic mass is 31.2. The second kappa shape index (κ2) is 6.57. The van der Waals surface area contributed by atoms with E-state index in [0.29, 0.717) is 11.2 Å². The molecule has 6 atom stereocenters. The van der Waals surface area contributed by atoms with Gasteiger partial charge in [-0.1, -0.05) is 0 Å². The fraction of sp³-hybridized carbons (Fsp3) is 0.583. The van der Waals surface area contributed by atoms with E-state index in [1.807, 2.05) is 0 Å².